The molecule has 0 spiro atoms. The Labute approximate surface area is 176 Å². The molecule has 1 aliphatic carbocycles. The van der Waals surface area contributed by atoms with Gasteiger partial charge in [-0.05, 0) is 50.1 Å². The van der Waals surface area contributed by atoms with Gasteiger partial charge in [0.15, 0.2) is 0 Å². The number of hydrogen-bond donors (Lipinski definition) is 2. The summed E-state index contributed by atoms with van der Waals surface area (Å²) in [5, 5.41) is 7.49. The number of pyridine rings is 1. The standard InChI is InChI=1S/C25H27N3O2/c29-25(27-19-7-1-2-8-19)22-10-4-5-17-11-12-23(28-24(17)22)18-6-3-9-20(15-18)30-21-13-14-26-16-21/h3-6,9-12,15,19,21,26H,1-2,7-8,13-14,16H2,(H,27,29)/t21-/m1/s1. The highest BCUT2D eigenvalue weighted by Crippen LogP contribution is 2.27. The number of benzene rings is 2. The van der Waals surface area contributed by atoms with Gasteiger partial charge in [0.2, 0.25) is 0 Å². The van der Waals surface area contributed by atoms with E-state index in [9.17, 15) is 4.79 Å². The maximum atomic E-state index is 12.9. The van der Waals surface area contributed by atoms with E-state index >= 15 is 0 Å². The van der Waals surface area contributed by atoms with Crippen LogP contribution >= 0.6 is 0 Å². The molecule has 1 saturated heterocycles. The molecule has 2 aliphatic rings. The average molecular weight is 402 g/mol. The van der Waals surface area contributed by atoms with Crippen LogP contribution in [0.3, 0.4) is 0 Å². The highest BCUT2D eigenvalue weighted by molar-refractivity contribution is 6.06. The van der Waals surface area contributed by atoms with E-state index in [1.54, 1.807) is 0 Å². The molecule has 1 saturated carbocycles. The van der Waals surface area contributed by atoms with Crippen LogP contribution in [-0.4, -0.2) is 36.1 Å². The van der Waals surface area contributed by atoms with Gasteiger partial charge in [-0.3, -0.25) is 4.79 Å². The van der Waals surface area contributed by atoms with Crippen molar-refractivity contribution in [3.05, 3.63) is 60.2 Å². The third kappa shape index (κ3) is 4.03. The summed E-state index contributed by atoms with van der Waals surface area (Å²) in [6.45, 7) is 1.89. The maximum absolute atomic E-state index is 12.9. The Morgan fingerprint density at radius 3 is 2.73 bits per heavy atom. The van der Waals surface area contributed by atoms with E-state index in [4.69, 9.17) is 9.72 Å². The number of rotatable bonds is 5. The predicted molar refractivity (Wildman–Crippen MR) is 119 cm³/mol. The number of carbonyl (C=O) groups excluding carboxylic acids is 1. The zero-order valence-electron chi connectivity index (χ0n) is 17.1. The molecule has 1 amide bonds. The number of fused-ring (bicyclic) bond motifs is 1. The second kappa shape index (κ2) is 8.44. The highest BCUT2D eigenvalue weighted by atomic mass is 16.5. The number of para-hydroxylation sites is 1. The Balaban J connectivity index is 1.44. The van der Waals surface area contributed by atoms with Crippen molar-refractivity contribution >= 4 is 16.8 Å². The number of nitrogens with zero attached hydrogens (tertiary/aromatic N) is 1. The molecule has 2 heterocycles. The average Bonchev–Trinajstić information content (AvgIpc) is 3.47. The summed E-state index contributed by atoms with van der Waals surface area (Å²) < 4.78 is 6.11. The van der Waals surface area contributed by atoms with Crippen LogP contribution in [0.15, 0.2) is 54.6 Å². The monoisotopic (exact) mass is 401 g/mol. The zero-order valence-corrected chi connectivity index (χ0v) is 17.1. The first kappa shape index (κ1) is 19.1. The van der Waals surface area contributed by atoms with E-state index in [1.165, 1.54) is 12.8 Å². The smallest absolute Gasteiger partial charge is 0.253 e. The topological polar surface area (TPSA) is 63.2 Å². The molecule has 5 nitrogen and oxygen atoms in total. The minimum atomic E-state index is -0.0250. The molecular formula is C25H27N3O2. The third-order valence-corrected chi connectivity index (χ3v) is 6.10. The Bertz CT molecular complexity index is 1050. The van der Waals surface area contributed by atoms with Gasteiger partial charge in [-0.25, -0.2) is 4.98 Å². The van der Waals surface area contributed by atoms with Crippen molar-refractivity contribution in [3.8, 4) is 17.0 Å². The molecule has 154 valence electrons. The van der Waals surface area contributed by atoms with E-state index in [0.717, 1.165) is 60.3 Å². The number of hydrogen-bond acceptors (Lipinski definition) is 4. The first-order chi connectivity index (χ1) is 14.8. The largest absolute Gasteiger partial charge is 0.489 e. The van der Waals surface area contributed by atoms with E-state index in [0.29, 0.717) is 5.56 Å². The fourth-order valence-corrected chi connectivity index (χ4v) is 4.47. The number of nitrogens with one attached hydrogen (secondary N) is 2. The lowest BCUT2D eigenvalue weighted by Crippen LogP contribution is -2.32. The van der Waals surface area contributed by atoms with Gasteiger partial charge >= 0.3 is 0 Å². The second-order valence-corrected chi connectivity index (χ2v) is 8.29. The normalized spacial score (nSPS) is 19.3. The second-order valence-electron chi connectivity index (χ2n) is 8.29. The predicted octanol–water partition coefficient (Wildman–Crippen LogP) is 4.31. The fourth-order valence-electron chi connectivity index (χ4n) is 4.47. The minimum Gasteiger partial charge on any atom is -0.489 e. The van der Waals surface area contributed by atoms with Crippen molar-refractivity contribution < 1.29 is 9.53 Å². The van der Waals surface area contributed by atoms with Gasteiger partial charge in [-0.15, -0.1) is 0 Å². The van der Waals surface area contributed by atoms with Crippen molar-refractivity contribution in [2.24, 2.45) is 0 Å². The highest BCUT2D eigenvalue weighted by Gasteiger charge is 2.20. The third-order valence-electron chi connectivity index (χ3n) is 6.10. The molecule has 2 fully saturated rings. The SMILES string of the molecule is O=C(NC1CCCC1)c1cccc2ccc(-c3cccc(O[C@@H]4CCNC4)c3)nc12. The van der Waals surface area contributed by atoms with Gasteiger partial charge in [0.1, 0.15) is 11.9 Å². The lowest BCUT2D eigenvalue weighted by Gasteiger charge is -2.14. The van der Waals surface area contributed by atoms with E-state index < -0.39 is 0 Å². The Morgan fingerprint density at radius 2 is 1.90 bits per heavy atom. The lowest BCUT2D eigenvalue weighted by molar-refractivity contribution is 0.0939. The van der Waals surface area contributed by atoms with Crippen LogP contribution in [0.5, 0.6) is 5.75 Å². The lowest BCUT2D eigenvalue weighted by atomic mass is 10.1. The molecule has 1 aliphatic heterocycles. The van der Waals surface area contributed by atoms with Crippen LogP contribution < -0.4 is 15.4 Å². The Hall–Kier alpha value is -2.92. The molecule has 5 heteroatoms. The summed E-state index contributed by atoms with van der Waals surface area (Å²) in [5.41, 5.74) is 3.23. The fraction of sp³-hybridized carbons (Fsp3) is 0.360. The van der Waals surface area contributed by atoms with Crippen molar-refractivity contribution in [3.63, 3.8) is 0 Å². The molecule has 2 N–H and O–H groups in total. The van der Waals surface area contributed by atoms with Gasteiger partial charge < -0.3 is 15.4 Å². The van der Waals surface area contributed by atoms with Crippen molar-refractivity contribution in [1.82, 2.24) is 15.6 Å². The van der Waals surface area contributed by atoms with E-state index in [-0.39, 0.29) is 18.1 Å². The summed E-state index contributed by atoms with van der Waals surface area (Å²) in [4.78, 5) is 17.8. The van der Waals surface area contributed by atoms with Crippen LogP contribution in [-0.2, 0) is 0 Å². The van der Waals surface area contributed by atoms with E-state index in [1.807, 2.05) is 54.6 Å². The molecule has 1 atom stereocenters. The summed E-state index contributed by atoms with van der Waals surface area (Å²) in [6.07, 6.45) is 5.77. The summed E-state index contributed by atoms with van der Waals surface area (Å²) >= 11 is 0. The van der Waals surface area contributed by atoms with Gasteiger partial charge in [-0.2, -0.15) is 0 Å². The van der Waals surface area contributed by atoms with Crippen molar-refractivity contribution in [2.45, 2.75) is 44.2 Å². The van der Waals surface area contributed by atoms with Gasteiger partial charge in [0.25, 0.3) is 5.91 Å². The number of amides is 1. The van der Waals surface area contributed by atoms with Crippen LogP contribution in [0.25, 0.3) is 22.2 Å². The van der Waals surface area contributed by atoms with Crippen LogP contribution in [0.1, 0.15) is 42.5 Å². The minimum absolute atomic E-state index is 0.0250. The van der Waals surface area contributed by atoms with Crippen LogP contribution in [0.4, 0.5) is 0 Å². The molecule has 2 aromatic carbocycles. The van der Waals surface area contributed by atoms with Crippen molar-refractivity contribution in [1.29, 1.82) is 0 Å². The molecular weight excluding hydrogens is 374 g/mol. The van der Waals surface area contributed by atoms with Crippen molar-refractivity contribution in [2.75, 3.05) is 13.1 Å². The van der Waals surface area contributed by atoms with E-state index in [2.05, 4.69) is 10.6 Å². The molecule has 1 aromatic heterocycles. The van der Waals surface area contributed by atoms with Crippen LogP contribution in [0, 0.1) is 0 Å². The van der Waals surface area contributed by atoms with Gasteiger partial charge in [0, 0.05) is 23.5 Å². The number of ether oxygens (including phenoxy) is 1. The first-order valence-corrected chi connectivity index (χ1v) is 10.9. The molecule has 30 heavy (non-hydrogen) atoms. The molecule has 0 unspecified atom stereocenters. The zero-order chi connectivity index (χ0) is 20.3. The number of aromatic nitrogens is 1. The summed E-state index contributed by atoms with van der Waals surface area (Å²) in [6, 6.07) is 18.2. The number of carbonyl (C=O) groups is 1. The Morgan fingerprint density at radius 1 is 1.03 bits per heavy atom. The van der Waals surface area contributed by atoms with Crippen LogP contribution in [0.2, 0.25) is 0 Å². The van der Waals surface area contributed by atoms with Gasteiger partial charge in [-0.1, -0.05) is 43.2 Å². The maximum Gasteiger partial charge on any atom is 0.253 e. The first-order valence-electron chi connectivity index (χ1n) is 10.9. The van der Waals surface area contributed by atoms with Gasteiger partial charge in [0.05, 0.1) is 16.8 Å². The quantitative estimate of drug-likeness (QED) is 0.669. The Kier molecular flexibility index (Phi) is 5.37. The summed E-state index contributed by atoms with van der Waals surface area (Å²) in [7, 11) is 0. The molecule has 3 aromatic rings. The molecule has 5 rings (SSSR count). The molecule has 0 bridgehead atoms. The summed E-state index contributed by atoms with van der Waals surface area (Å²) in [5.74, 6) is 0.832. The molecule has 0 radical (unpaired) electrons.